The van der Waals surface area contributed by atoms with Crippen molar-refractivity contribution in [1.82, 2.24) is 0 Å². The van der Waals surface area contributed by atoms with Gasteiger partial charge in [-0.1, -0.05) is 0 Å². The summed E-state index contributed by atoms with van der Waals surface area (Å²) in [6.45, 7) is -3.39. The Bertz CT molecular complexity index is 1060. The number of halogens is 14. The van der Waals surface area contributed by atoms with Crippen LogP contribution in [0.2, 0.25) is 0 Å². The molecule has 0 saturated heterocycles. The van der Waals surface area contributed by atoms with Crippen LogP contribution in [-0.4, -0.2) is 57.2 Å². The van der Waals surface area contributed by atoms with E-state index in [0.717, 1.165) is 16.9 Å². The maximum Gasteiger partial charge on any atom is 0.516 e. The Morgan fingerprint density at radius 1 is 0.857 bits per heavy atom. The summed E-state index contributed by atoms with van der Waals surface area (Å²) in [6, 6.07) is 1.87. The van der Waals surface area contributed by atoms with Gasteiger partial charge in [0.25, 0.3) is 0 Å². The van der Waals surface area contributed by atoms with Crippen LogP contribution >= 0.6 is 45.2 Å². The van der Waals surface area contributed by atoms with Gasteiger partial charge in [0.15, 0.2) is 0 Å². The van der Waals surface area contributed by atoms with Crippen molar-refractivity contribution in [2.75, 3.05) is 17.9 Å². The number of carbonyl (C=O) groups is 1. The van der Waals surface area contributed by atoms with Gasteiger partial charge in [-0.05, 0) is 57.3 Å². The van der Waals surface area contributed by atoms with E-state index in [1.54, 1.807) is 0 Å². The number of anilines is 1. The molecule has 35 heavy (non-hydrogen) atoms. The standard InChI is InChI=1S/C14H7F12I2NO5S/c15-10(16,12(19,20)21)11(17,18)13(22,23)34-2-1-33-9(30)6-3-5(27)4-7(28)8(6)29-35(31,32)14(24,25)26/h3-4,29H,1-2H2. The van der Waals surface area contributed by atoms with Crippen LogP contribution in [0.5, 0.6) is 0 Å². The molecule has 1 aromatic rings. The molecule has 0 spiro atoms. The minimum Gasteiger partial charge on any atom is -0.460 e. The van der Waals surface area contributed by atoms with Crippen LogP contribution in [0.4, 0.5) is 58.4 Å². The lowest BCUT2D eigenvalue weighted by Crippen LogP contribution is -2.61. The van der Waals surface area contributed by atoms with Crippen LogP contribution in [0.3, 0.4) is 0 Å². The summed E-state index contributed by atoms with van der Waals surface area (Å²) in [5.74, 6) is -16.0. The molecule has 0 aliphatic heterocycles. The number of ether oxygens (including phenoxy) is 2. The van der Waals surface area contributed by atoms with Crippen molar-refractivity contribution in [1.29, 1.82) is 0 Å². The molecule has 0 amide bonds. The number of alkyl halides is 12. The van der Waals surface area contributed by atoms with Gasteiger partial charge in [-0.2, -0.15) is 61.1 Å². The van der Waals surface area contributed by atoms with Crippen LogP contribution in [0.15, 0.2) is 12.1 Å². The third kappa shape index (κ3) is 6.87. The second-order valence-corrected chi connectivity index (χ2v) is 10.1. The minimum atomic E-state index is -7.22. The van der Waals surface area contributed by atoms with E-state index >= 15 is 0 Å². The molecule has 21 heteroatoms. The van der Waals surface area contributed by atoms with Gasteiger partial charge in [0.05, 0.1) is 17.9 Å². The van der Waals surface area contributed by atoms with Crippen molar-refractivity contribution < 1.29 is 75.4 Å². The third-order valence-corrected chi connectivity index (χ3v) is 6.09. The molecular weight excluding hydrogens is 776 g/mol. The van der Waals surface area contributed by atoms with E-state index in [9.17, 15) is 65.9 Å². The SMILES string of the molecule is O=C(OCCOC(F)(F)C(F)(F)C(F)(F)C(F)(F)F)c1cc(I)cc(I)c1NS(=O)(=O)C(F)(F)F. The van der Waals surface area contributed by atoms with Crippen molar-refractivity contribution in [2.45, 2.75) is 29.6 Å². The van der Waals surface area contributed by atoms with Crippen molar-refractivity contribution in [3.8, 4) is 0 Å². The van der Waals surface area contributed by atoms with E-state index in [0.29, 0.717) is 0 Å². The summed E-state index contributed by atoms with van der Waals surface area (Å²) in [5.41, 5.74) is -7.73. The summed E-state index contributed by atoms with van der Waals surface area (Å²) in [6.07, 6.45) is -13.5. The van der Waals surface area contributed by atoms with Crippen LogP contribution in [-0.2, 0) is 19.5 Å². The van der Waals surface area contributed by atoms with Gasteiger partial charge in [0.2, 0.25) is 0 Å². The lowest BCUT2D eigenvalue weighted by atomic mass is 10.1. The first-order valence-corrected chi connectivity index (χ1v) is 11.6. The van der Waals surface area contributed by atoms with Crippen LogP contribution in [0.25, 0.3) is 0 Å². The average Bonchev–Trinajstić information content (AvgIpc) is 2.64. The lowest BCUT2D eigenvalue weighted by molar-refractivity contribution is -0.444. The fourth-order valence-electron chi connectivity index (χ4n) is 1.86. The predicted molar refractivity (Wildman–Crippen MR) is 108 cm³/mol. The fourth-order valence-corrected chi connectivity index (χ4v) is 4.63. The molecule has 1 N–H and O–H groups in total. The van der Waals surface area contributed by atoms with Gasteiger partial charge in [-0.25, -0.2) is 4.79 Å². The number of rotatable bonds is 9. The van der Waals surface area contributed by atoms with Gasteiger partial charge in [0.1, 0.15) is 6.61 Å². The number of hydrogen-bond acceptors (Lipinski definition) is 5. The lowest BCUT2D eigenvalue weighted by Gasteiger charge is -2.32. The smallest absolute Gasteiger partial charge is 0.460 e. The molecular formula is C14H7F12I2NO5S. The first-order chi connectivity index (χ1) is 15.4. The maximum absolute atomic E-state index is 13.3. The highest BCUT2D eigenvalue weighted by molar-refractivity contribution is 14.1. The zero-order valence-electron chi connectivity index (χ0n) is 15.8. The second-order valence-electron chi connectivity index (χ2n) is 6.01. The highest BCUT2D eigenvalue weighted by atomic mass is 127. The van der Waals surface area contributed by atoms with Gasteiger partial charge in [-0.15, -0.1) is 0 Å². The first-order valence-electron chi connectivity index (χ1n) is 7.98. The number of esters is 1. The molecule has 0 aliphatic rings. The van der Waals surface area contributed by atoms with Crippen molar-refractivity contribution >= 4 is 66.9 Å². The van der Waals surface area contributed by atoms with E-state index in [1.807, 2.05) is 0 Å². The fraction of sp³-hybridized carbons (Fsp3) is 0.500. The van der Waals surface area contributed by atoms with E-state index in [4.69, 9.17) is 0 Å². The number of hydrogen-bond donors (Lipinski definition) is 1. The zero-order chi connectivity index (χ0) is 27.8. The normalized spacial score (nSPS) is 14.1. The summed E-state index contributed by atoms with van der Waals surface area (Å²) in [5, 5.41) is 0. The van der Waals surface area contributed by atoms with Crippen LogP contribution in [0.1, 0.15) is 10.4 Å². The molecule has 0 unspecified atom stereocenters. The molecule has 1 rings (SSSR count). The monoisotopic (exact) mass is 783 g/mol. The number of benzene rings is 1. The molecule has 0 atom stereocenters. The van der Waals surface area contributed by atoms with Crippen LogP contribution < -0.4 is 4.72 Å². The Hall–Kier alpha value is -0.980. The van der Waals surface area contributed by atoms with Gasteiger partial charge in [0, 0.05) is 7.14 Å². The van der Waals surface area contributed by atoms with Crippen LogP contribution in [0, 0.1) is 7.14 Å². The molecule has 0 saturated carbocycles. The predicted octanol–water partition coefficient (Wildman–Crippen LogP) is 5.76. The Labute approximate surface area is 214 Å². The molecule has 0 aromatic heterocycles. The molecule has 0 radical (unpaired) electrons. The van der Waals surface area contributed by atoms with E-state index < -0.39 is 70.1 Å². The quantitative estimate of drug-likeness (QED) is 0.149. The molecule has 0 aliphatic carbocycles. The third-order valence-electron chi connectivity index (χ3n) is 3.53. The molecule has 6 nitrogen and oxygen atoms in total. The summed E-state index contributed by atoms with van der Waals surface area (Å²) < 4.78 is 183. The average molecular weight is 783 g/mol. The molecule has 0 heterocycles. The van der Waals surface area contributed by atoms with Crippen molar-refractivity contribution in [3.63, 3.8) is 0 Å². The Balaban J connectivity index is 3.03. The summed E-state index contributed by atoms with van der Waals surface area (Å²) in [7, 11) is -6.06. The molecule has 202 valence electrons. The highest BCUT2D eigenvalue weighted by Crippen LogP contribution is 2.53. The maximum atomic E-state index is 13.3. The van der Waals surface area contributed by atoms with Gasteiger partial charge >= 0.3 is 45.6 Å². The largest absolute Gasteiger partial charge is 0.516 e. The van der Waals surface area contributed by atoms with E-state index in [-0.39, 0.29) is 7.14 Å². The molecule has 1 aromatic carbocycles. The number of sulfonamides is 1. The zero-order valence-corrected chi connectivity index (χ0v) is 20.9. The van der Waals surface area contributed by atoms with Crippen molar-refractivity contribution in [2.24, 2.45) is 0 Å². The topological polar surface area (TPSA) is 81.7 Å². The number of nitrogens with one attached hydrogen (secondary N) is 1. The van der Waals surface area contributed by atoms with Gasteiger partial charge < -0.3 is 9.47 Å². The summed E-state index contributed by atoms with van der Waals surface area (Å²) in [4.78, 5) is 12.1. The van der Waals surface area contributed by atoms with E-state index in [1.165, 1.54) is 45.2 Å². The Kier molecular flexibility index (Phi) is 9.53. The van der Waals surface area contributed by atoms with Crippen molar-refractivity contribution in [3.05, 3.63) is 24.8 Å². The summed E-state index contributed by atoms with van der Waals surface area (Å²) >= 11 is 2.84. The molecule has 0 fully saturated rings. The molecule has 0 bridgehead atoms. The second kappa shape index (κ2) is 10.4. The van der Waals surface area contributed by atoms with E-state index in [2.05, 4.69) is 9.47 Å². The highest BCUT2D eigenvalue weighted by Gasteiger charge is 2.82. The van der Waals surface area contributed by atoms with Gasteiger partial charge in [-0.3, -0.25) is 4.72 Å². The first kappa shape index (κ1) is 32.0. The number of carbonyl (C=O) groups excluding carboxylic acids is 1. The Morgan fingerprint density at radius 2 is 1.37 bits per heavy atom. The Morgan fingerprint density at radius 3 is 1.83 bits per heavy atom. The minimum absolute atomic E-state index is 0.116.